The van der Waals surface area contributed by atoms with Crippen LogP contribution in [0.2, 0.25) is 30.2 Å². The Bertz CT molecular complexity index is 809. The van der Waals surface area contributed by atoms with E-state index < -0.39 is 25.0 Å². The van der Waals surface area contributed by atoms with E-state index in [1.54, 1.807) is 0 Å². The molecule has 2 aromatic heterocycles. The summed E-state index contributed by atoms with van der Waals surface area (Å²) in [7, 11) is -1.11. The summed E-state index contributed by atoms with van der Waals surface area (Å²) in [5.41, 5.74) is -0.646. The molecule has 1 fully saturated rings. The Morgan fingerprint density at radius 1 is 1.36 bits per heavy atom. The lowest BCUT2D eigenvalue weighted by atomic mass is 10.1. The number of carbonyl (C=O) groups is 1. The van der Waals surface area contributed by atoms with Crippen LogP contribution in [0.5, 0.6) is 0 Å². The topological polar surface area (TPSA) is 57.8 Å². The number of nitrogens with zero attached hydrogens (tertiary/aromatic N) is 1. The predicted octanol–water partition coefficient (Wildman–Crippen LogP) is 4.84. The zero-order valence-electron chi connectivity index (χ0n) is 13.9. The molecular formula is C16H19ClF3N3OSi. The number of fused-ring (bicyclic) bond motifs is 1. The number of H-pyrrole nitrogens is 1. The third-order valence-electron chi connectivity index (χ3n) is 4.80. The molecule has 1 aliphatic rings. The number of carbonyl (C=O) groups excluding carboxylic acids is 1. The zero-order chi connectivity index (χ0) is 18.4. The van der Waals surface area contributed by atoms with E-state index >= 15 is 0 Å². The van der Waals surface area contributed by atoms with Crippen LogP contribution in [0.1, 0.15) is 29.0 Å². The molecule has 3 rings (SSSR count). The summed E-state index contributed by atoms with van der Waals surface area (Å²) < 4.78 is 38.6. The van der Waals surface area contributed by atoms with Crippen LogP contribution in [0.4, 0.5) is 13.2 Å². The van der Waals surface area contributed by atoms with Crippen molar-refractivity contribution in [3.63, 3.8) is 0 Å². The molecule has 0 saturated carbocycles. The molecule has 1 amide bonds. The SMILES string of the molecule is C[Si]1(C)CCC(NC(=O)c2cc3c(Cl)c(C(F)(F)F)ncc3[nH]2)CC1. The van der Waals surface area contributed by atoms with E-state index in [2.05, 4.69) is 28.4 Å². The number of aromatic amines is 1. The van der Waals surface area contributed by atoms with Gasteiger partial charge in [0.05, 0.1) is 16.7 Å². The number of alkyl halides is 3. The molecule has 25 heavy (non-hydrogen) atoms. The first-order valence-electron chi connectivity index (χ1n) is 8.12. The van der Waals surface area contributed by atoms with Crippen LogP contribution in [0.15, 0.2) is 12.3 Å². The van der Waals surface area contributed by atoms with Crippen molar-refractivity contribution in [2.24, 2.45) is 0 Å². The van der Waals surface area contributed by atoms with Gasteiger partial charge in [0.25, 0.3) is 5.91 Å². The van der Waals surface area contributed by atoms with Gasteiger partial charge in [0.1, 0.15) is 5.69 Å². The van der Waals surface area contributed by atoms with Crippen molar-refractivity contribution in [2.75, 3.05) is 0 Å². The Balaban J connectivity index is 1.80. The molecule has 2 N–H and O–H groups in total. The fraction of sp³-hybridized carbons (Fsp3) is 0.500. The number of pyridine rings is 1. The van der Waals surface area contributed by atoms with E-state index in [1.807, 2.05) is 0 Å². The van der Waals surface area contributed by atoms with E-state index in [0.717, 1.165) is 31.1 Å². The second-order valence-electron chi connectivity index (χ2n) is 7.34. The highest BCUT2D eigenvalue weighted by Gasteiger charge is 2.36. The first-order valence-corrected chi connectivity index (χ1v) is 11.9. The zero-order valence-corrected chi connectivity index (χ0v) is 15.7. The Morgan fingerprint density at radius 2 is 2.00 bits per heavy atom. The summed E-state index contributed by atoms with van der Waals surface area (Å²) in [5.74, 6) is -0.327. The molecule has 4 nitrogen and oxygen atoms in total. The molecule has 136 valence electrons. The van der Waals surface area contributed by atoms with Gasteiger partial charge >= 0.3 is 6.18 Å². The van der Waals surface area contributed by atoms with Gasteiger partial charge in [-0.1, -0.05) is 36.8 Å². The maximum atomic E-state index is 12.9. The minimum atomic E-state index is -4.64. The summed E-state index contributed by atoms with van der Waals surface area (Å²) in [4.78, 5) is 18.6. The molecule has 0 aliphatic carbocycles. The Labute approximate surface area is 149 Å². The van der Waals surface area contributed by atoms with Crippen molar-refractivity contribution in [1.82, 2.24) is 15.3 Å². The van der Waals surface area contributed by atoms with Crippen molar-refractivity contribution < 1.29 is 18.0 Å². The first kappa shape index (κ1) is 18.3. The predicted molar refractivity (Wildman–Crippen MR) is 93.7 cm³/mol. The monoisotopic (exact) mass is 389 g/mol. The van der Waals surface area contributed by atoms with Crippen LogP contribution in [0.3, 0.4) is 0 Å². The molecule has 9 heteroatoms. The maximum absolute atomic E-state index is 12.9. The van der Waals surface area contributed by atoms with Gasteiger partial charge in [-0.25, -0.2) is 4.98 Å². The third kappa shape index (κ3) is 3.84. The molecule has 1 aliphatic heterocycles. The number of halogens is 4. The number of nitrogens with one attached hydrogen (secondary N) is 2. The van der Waals surface area contributed by atoms with Gasteiger partial charge in [0, 0.05) is 19.5 Å². The molecule has 2 aromatic rings. The maximum Gasteiger partial charge on any atom is 0.434 e. The van der Waals surface area contributed by atoms with Gasteiger partial charge in [0.2, 0.25) is 0 Å². The van der Waals surface area contributed by atoms with Gasteiger partial charge in [-0.3, -0.25) is 4.79 Å². The smallest absolute Gasteiger partial charge is 0.349 e. The molecule has 0 spiro atoms. The van der Waals surface area contributed by atoms with Crippen LogP contribution in [-0.2, 0) is 6.18 Å². The largest absolute Gasteiger partial charge is 0.434 e. The molecule has 0 radical (unpaired) electrons. The van der Waals surface area contributed by atoms with Gasteiger partial charge in [-0.2, -0.15) is 13.2 Å². The summed E-state index contributed by atoms with van der Waals surface area (Å²) >= 11 is 5.84. The molecular weight excluding hydrogens is 371 g/mol. The molecule has 0 unspecified atom stereocenters. The highest BCUT2D eigenvalue weighted by atomic mass is 35.5. The fourth-order valence-electron chi connectivity index (χ4n) is 3.19. The minimum absolute atomic E-state index is 0.110. The van der Waals surface area contributed by atoms with Crippen molar-refractivity contribution in [3.8, 4) is 0 Å². The van der Waals surface area contributed by atoms with Crippen molar-refractivity contribution in [1.29, 1.82) is 0 Å². The standard InChI is InChI=1S/C16H19ClF3N3OSi/c1-25(2)5-3-9(4-6-25)22-15(24)11-7-10-12(23-11)8-21-14(13(10)17)16(18,19)20/h7-9,23H,3-6H2,1-2H3,(H,22,24). The van der Waals surface area contributed by atoms with E-state index in [9.17, 15) is 18.0 Å². The average Bonchev–Trinajstić information content (AvgIpc) is 2.94. The van der Waals surface area contributed by atoms with Gasteiger partial charge in [-0.05, 0) is 18.9 Å². The second-order valence-corrected chi connectivity index (χ2v) is 13.0. The molecule has 0 atom stereocenters. The van der Waals surface area contributed by atoms with E-state index in [0.29, 0.717) is 5.52 Å². The van der Waals surface area contributed by atoms with Gasteiger partial charge in [0.15, 0.2) is 5.69 Å². The summed E-state index contributed by atoms with van der Waals surface area (Å²) in [6.07, 6.45) is -1.68. The lowest BCUT2D eigenvalue weighted by Crippen LogP contribution is -2.42. The number of hydrogen-bond acceptors (Lipinski definition) is 2. The van der Waals surface area contributed by atoms with E-state index in [1.165, 1.54) is 6.07 Å². The first-order chi connectivity index (χ1) is 11.6. The van der Waals surface area contributed by atoms with Gasteiger partial charge in [-0.15, -0.1) is 0 Å². The third-order valence-corrected chi connectivity index (χ3v) is 8.47. The van der Waals surface area contributed by atoms with Gasteiger partial charge < -0.3 is 10.3 Å². The highest BCUT2D eigenvalue weighted by molar-refractivity contribution is 6.77. The Morgan fingerprint density at radius 3 is 2.60 bits per heavy atom. The lowest BCUT2D eigenvalue weighted by molar-refractivity contribution is -0.140. The highest BCUT2D eigenvalue weighted by Crippen LogP contribution is 2.37. The van der Waals surface area contributed by atoms with Crippen molar-refractivity contribution >= 4 is 36.5 Å². The Hall–Kier alpha value is -1.54. The van der Waals surface area contributed by atoms with E-state index in [4.69, 9.17) is 11.6 Å². The fourth-order valence-corrected chi connectivity index (χ4v) is 6.02. The normalized spacial score (nSPS) is 18.5. The molecule has 3 heterocycles. The van der Waals surface area contributed by atoms with Crippen LogP contribution in [-0.4, -0.2) is 30.0 Å². The molecule has 0 bridgehead atoms. The molecule has 0 aromatic carbocycles. The van der Waals surface area contributed by atoms with E-state index in [-0.39, 0.29) is 23.0 Å². The van der Waals surface area contributed by atoms with Crippen LogP contribution in [0.25, 0.3) is 10.9 Å². The lowest BCUT2D eigenvalue weighted by Gasteiger charge is -2.33. The van der Waals surface area contributed by atoms with Crippen LogP contribution < -0.4 is 5.32 Å². The van der Waals surface area contributed by atoms with Crippen molar-refractivity contribution in [3.05, 3.63) is 28.7 Å². The summed E-state index contributed by atoms with van der Waals surface area (Å²) in [5, 5.41) is 2.61. The average molecular weight is 390 g/mol. The minimum Gasteiger partial charge on any atom is -0.349 e. The Kier molecular flexibility index (Phi) is 4.61. The number of hydrogen-bond donors (Lipinski definition) is 2. The second kappa shape index (κ2) is 6.32. The van der Waals surface area contributed by atoms with Crippen molar-refractivity contribution in [2.45, 2.75) is 50.2 Å². The number of rotatable bonds is 2. The molecule has 1 saturated heterocycles. The quantitative estimate of drug-likeness (QED) is 0.722. The summed E-state index contributed by atoms with van der Waals surface area (Å²) in [6, 6.07) is 3.79. The number of aromatic nitrogens is 2. The number of amides is 1. The summed E-state index contributed by atoms with van der Waals surface area (Å²) in [6.45, 7) is 4.69. The van der Waals surface area contributed by atoms with Crippen LogP contribution in [0, 0.1) is 0 Å². The van der Waals surface area contributed by atoms with Crippen LogP contribution >= 0.6 is 11.6 Å².